The maximum absolute atomic E-state index is 13.1. The van der Waals surface area contributed by atoms with Crippen LogP contribution in [0.4, 0.5) is 10.5 Å². The van der Waals surface area contributed by atoms with Gasteiger partial charge in [-0.15, -0.1) is 0 Å². The second-order valence-electron chi connectivity index (χ2n) is 6.57. The molecule has 3 rings (SSSR count). The average Bonchev–Trinajstić information content (AvgIpc) is 2.95. The van der Waals surface area contributed by atoms with Gasteiger partial charge >= 0.3 is 6.03 Å². The van der Waals surface area contributed by atoms with Gasteiger partial charge in [0.25, 0.3) is 0 Å². The first-order valence-corrected chi connectivity index (χ1v) is 9.51. The fourth-order valence-electron chi connectivity index (χ4n) is 3.50. The number of ether oxygens (including phenoxy) is 2. The van der Waals surface area contributed by atoms with Gasteiger partial charge in [-0.25, -0.2) is 4.79 Å². The molecule has 6 heteroatoms. The molecule has 1 atom stereocenters. The van der Waals surface area contributed by atoms with E-state index in [1.165, 1.54) is 0 Å². The quantitative estimate of drug-likeness (QED) is 0.834. The summed E-state index contributed by atoms with van der Waals surface area (Å²) in [7, 11) is 1.60. The number of anilines is 1. The normalized spacial score (nSPS) is 17.1. The summed E-state index contributed by atoms with van der Waals surface area (Å²) in [5.74, 6) is 1.28. The van der Waals surface area contributed by atoms with Crippen LogP contribution in [0.25, 0.3) is 0 Å². The van der Waals surface area contributed by atoms with Gasteiger partial charge in [0.15, 0.2) is 11.5 Å². The first kappa shape index (κ1) is 19.0. The summed E-state index contributed by atoms with van der Waals surface area (Å²) in [5, 5.41) is 3.03. The molecule has 0 spiro atoms. The number of pyridine rings is 1. The Balaban J connectivity index is 1.79. The minimum absolute atomic E-state index is 0.0695. The molecular weight excluding hydrogens is 342 g/mol. The van der Waals surface area contributed by atoms with Crippen molar-refractivity contribution in [2.75, 3.05) is 25.6 Å². The number of nitrogens with one attached hydrogen (secondary N) is 1. The van der Waals surface area contributed by atoms with E-state index in [9.17, 15) is 4.79 Å². The number of carbonyl (C=O) groups excluding carboxylic acids is 1. The molecule has 1 aliphatic rings. The summed E-state index contributed by atoms with van der Waals surface area (Å²) < 4.78 is 10.9. The van der Waals surface area contributed by atoms with Crippen LogP contribution >= 0.6 is 0 Å². The number of hydrogen-bond donors (Lipinski definition) is 1. The van der Waals surface area contributed by atoms with Crippen LogP contribution in [0, 0.1) is 0 Å². The van der Waals surface area contributed by atoms with Gasteiger partial charge < -0.3 is 19.7 Å². The molecule has 0 saturated carbocycles. The maximum atomic E-state index is 13.1. The topological polar surface area (TPSA) is 63.7 Å². The van der Waals surface area contributed by atoms with Crippen molar-refractivity contribution in [2.45, 2.75) is 38.6 Å². The lowest BCUT2D eigenvalue weighted by atomic mass is 10.0. The molecule has 144 valence electrons. The number of urea groups is 1. The van der Waals surface area contributed by atoms with Gasteiger partial charge in [0.1, 0.15) is 0 Å². The predicted molar refractivity (Wildman–Crippen MR) is 105 cm³/mol. The van der Waals surface area contributed by atoms with Crippen LogP contribution in [0.2, 0.25) is 0 Å². The van der Waals surface area contributed by atoms with Gasteiger partial charge in [-0.05, 0) is 49.6 Å². The number of carbonyl (C=O) groups is 1. The van der Waals surface area contributed by atoms with E-state index in [4.69, 9.17) is 9.47 Å². The minimum atomic E-state index is -0.0914. The third-order valence-electron chi connectivity index (χ3n) is 4.82. The Morgan fingerprint density at radius 1 is 1.19 bits per heavy atom. The second kappa shape index (κ2) is 9.26. The van der Waals surface area contributed by atoms with Crippen molar-refractivity contribution in [3.8, 4) is 11.5 Å². The zero-order chi connectivity index (χ0) is 19.1. The van der Waals surface area contributed by atoms with E-state index in [0.29, 0.717) is 23.8 Å². The zero-order valence-electron chi connectivity index (χ0n) is 16.0. The Hall–Kier alpha value is -2.76. The lowest BCUT2D eigenvalue weighted by Crippen LogP contribution is -2.38. The van der Waals surface area contributed by atoms with E-state index < -0.39 is 0 Å². The summed E-state index contributed by atoms with van der Waals surface area (Å²) in [6, 6.07) is 9.42. The Kier molecular flexibility index (Phi) is 6.52. The molecule has 27 heavy (non-hydrogen) atoms. The van der Waals surface area contributed by atoms with Crippen LogP contribution in [0.5, 0.6) is 11.5 Å². The molecule has 2 aromatic rings. The summed E-state index contributed by atoms with van der Waals surface area (Å²) in [6.07, 6.45) is 7.81. The number of hydrogen-bond acceptors (Lipinski definition) is 4. The Bertz CT molecular complexity index is 752. The highest BCUT2D eigenvalue weighted by Crippen LogP contribution is 2.32. The van der Waals surface area contributed by atoms with E-state index in [1.807, 2.05) is 36.1 Å². The smallest absolute Gasteiger partial charge is 0.322 e. The number of nitrogens with zero attached hydrogens (tertiary/aromatic N) is 2. The number of aromatic nitrogens is 1. The van der Waals surface area contributed by atoms with Crippen molar-refractivity contribution in [1.82, 2.24) is 9.88 Å². The summed E-state index contributed by atoms with van der Waals surface area (Å²) in [6.45, 7) is 3.19. The van der Waals surface area contributed by atoms with Gasteiger partial charge in [0.05, 0.1) is 19.8 Å². The number of methoxy groups -OCH3 is 1. The molecule has 1 unspecified atom stereocenters. The number of benzene rings is 1. The van der Waals surface area contributed by atoms with Gasteiger partial charge in [0.2, 0.25) is 0 Å². The molecule has 0 bridgehead atoms. The van der Waals surface area contributed by atoms with Crippen LogP contribution in [-0.4, -0.2) is 36.2 Å². The summed E-state index contributed by atoms with van der Waals surface area (Å²) >= 11 is 0. The highest BCUT2D eigenvalue weighted by Gasteiger charge is 2.27. The van der Waals surface area contributed by atoms with Gasteiger partial charge in [-0.1, -0.05) is 12.8 Å². The van der Waals surface area contributed by atoms with Gasteiger partial charge in [-0.3, -0.25) is 4.98 Å². The van der Waals surface area contributed by atoms with Gasteiger partial charge in [-0.2, -0.15) is 0 Å². The molecule has 2 heterocycles. The maximum Gasteiger partial charge on any atom is 0.322 e. The molecule has 0 aliphatic carbocycles. The molecular formula is C21H27N3O3. The monoisotopic (exact) mass is 369 g/mol. The standard InChI is InChI=1S/C21H27N3O3/c1-3-27-20-15-17(8-9-19(20)26-2)23-21(25)24-14-6-4-5-7-18(24)16-10-12-22-13-11-16/h8-13,15,18H,3-7,14H2,1-2H3,(H,23,25). The average molecular weight is 369 g/mol. The van der Waals surface area contributed by atoms with Crippen LogP contribution in [0.3, 0.4) is 0 Å². The first-order chi connectivity index (χ1) is 13.2. The highest BCUT2D eigenvalue weighted by atomic mass is 16.5. The van der Waals surface area contributed by atoms with Crippen molar-refractivity contribution in [2.24, 2.45) is 0 Å². The highest BCUT2D eigenvalue weighted by molar-refractivity contribution is 5.90. The Labute approximate surface area is 160 Å². The molecule has 1 aliphatic heterocycles. The molecule has 1 N–H and O–H groups in total. The molecule has 1 saturated heterocycles. The van der Waals surface area contributed by atoms with Crippen molar-refractivity contribution >= 4 is 11.7 Å². The lowest BCUT2D eigenvalue weighted by molar-refractivity contribution is 0.189. The van der Waals surface area contributed by atoms with E-state index in [0.717, 1.165) is 37.8 Å². The van der Waals surface area contributed by atoms with Crippen molar-refractivity contribution < 1.29 is 14.3 Å². The van der Waals surface area contributed by atoms with Crippen molar-refractivity contribution in [3.63, 3.8) is 0 Å². The number of likely N-dealkylation sites (tertiary alicyclic amines) is 1. The van der Waals surface area contributed by atoms with E-state index in [2.05, 4.69) is 10.3 Å². The Morgan fingerprint density at radius 2 is 2.00 bits per heavy atom. The second-order valence-corrected chi connectivity index (χ2v) is 6.57. The minimum Gasteiger partial charge on any atom is -0.493 e. The molecule has 1 fully saturated rings. The predicted octanol–water partition coefficient (Wildman–Crippen LogP) is 4.64. The number of amides is 2. The van der Waals surface area contributed by atoms with Crippen LogP contribution in [-0.2, 0) is 0 Å². The van der Waals surface area contributed by atoms with Crippen LogP contribution in [0.1, 0.15) is 44.2 Å². The van der Waals surface area contributed by atoms with Crippen molar-refractivity contribution in [1.29, 1.82) is 0 Å². The number of rotatable bonds is 5. The van der Waals surface area contributed by atoms with E-state index in [1.54, 1.807) is 25.6 Å². The third-order valence-corrected chi connectivity index (χ3v) is 4.82. The first-order valence-electron chi connectivity index (χ1n) is 9.51. The van der Waals surface area contributed by atoms with Gasteiger partial charge in [0, 0.05) is 30.7 Å². The summed E-state index contributed by atoms with van der Waals surface area (Å²) in [4.78, 5) is 19.1. The molecule has 6 nitrogen and oxygen atoms in total. The molecule has 1 aromatic carbocycles. The van der Waals surface area contributed by atoms with E-state index in [-0.39, 0.29) is 12.1 Å². The summed E-state index contributed by atoms with van der Waals surface area (Å²) in [5.41, 5.74) is 1.83. The van der Waals surface area contributed by atoms with Crippen LogP contribution in [0.15, 0.2) is 42.7 Å². The Morgan fingerprint density at radius 3 is 2.74 bits per heavy atom. The van der Waals surface area contributed by atoms with Crippen molar-refractivity contribution in [3.05, 3.63) is 48.3 Å². The molecule has 1 aromatic heterocycles. The van der Waals surface area contributed by atoms with Crippen LogP contribution < -0.4 is 14.8 Å². The molecule has 2 amide bonds. The molecule has 0 radical (unpaired) electrons. The largest absolute Gasteiger partial charge is 0.493 e. The fraction of sp³-hybridized carbons (Fsp3) is 0.429. The third kappa shape index (κ3) is 4.70. The zero-order valence-corrected chi connectivity index (χ0v) is 16.0. The lowest BCUT2D eigenvalue weighted by Gasteiger charge is -2.30. The fourth-order valence-corrected chi connectivity index (χ4v) is 3.50. The van der Waals surface area contributed by atoms with E-state index >= 15 is 0 Å². The SMILES string of the molecule is CCOc1cc(NC(=O)N2CCCCCC2c2ccncc2)ccc1OC.